The number of aliphatic carboxylic acids is 1. The second-order valence-electron chi connectivity index (χ2n) is 5.05. The number of carboxylic acid groups (broad SMARTS) is 1. The number of nitrogens with one attached hydrogen (secondary N) is 2. The summed E-state index contributed by atoms with van der Waals surface area (Å²) < 4.78 is 0. The average molecular weight is 281 g/mol. The number of aromatic amines is 1. The third-order valence-corrected chi connectivity index (χ3v) is 3.72. The maximum atomic E-state index is 12.0. The Kier molecular flexibility index (Phi) is 5.73. The van der Waals surface area contributed by atoms with Gasteiger partial charge in [-0.1, -0.05) is 27.2 Å². The SMILES string of the molecule is CCCc1cc(NC(=O)CC(CC)(CC)C(=O)O)n[nH]1. The van der Waals surface area contributed by atoms with E-state index in [0.29, 0.717) is 18.7 Å². The van der Waals surface area contributed by atoms with E-state index in [0.717, 1.165) is 18.5 Å². The van der Waals surface area contributed by atoms with Crippen LogP contribution in [0.15, 0.2) is 6.07 Å². The summed E-state index contributed by atoms with van der Waals surface area (Å²) in [6, 6.07) is 1.78. The molecule has 0 aliphatic rings. The van der Waals surface area contributed by atoms with Crippen LogP contribution in [0.5, 0.6) is 0 Å². The number of hydrogen-bond donors (Lipinski definition) is 3. The van der Waals surface area contributed by atoms with E-state index in [1.165, 1.54) is 0 Å². The first-order chi connectivity index (χ1) is 9.47. The second kappa shape index (κ2) is 7.07. The van der Waals surface area contributed by atoms with Gasteiger partial charge in [0.05, 0.1) is 5.41 Å². The van der Waals surface area contributed by atoms with Crippen molar-refractivity contribution in [3.05, 3.63) is 11.8 Å². The summed E-state index contributed by atoms with van der Waals surface area (Å²) >= 11 is 0. The van der Waals surface area contributed by atoms with Gasteiger partial charge >= 0.3 is 5.97 Å². The summed E-state index contributed by atoms with van der Waals surface area (Å²) in [6.07, 6.45) is 2.67. The third kappa shape index (κ3) is 3.82. The molecule has 1 aromatic heterocycles. The average Bonchev–Trinajstić information content (AvgIpc) is 2.83. The number of carboxylic acids is 1. The zero-order valence-corrected chi connectivity index (χ0v) is 12.3. The standard InChI is InChI=1S/C14H23N3O3/c1-4-7-10-8-11(17-16-10)15-12(18)9-14(5-2,6-3)13(19)20/h8H,4-7,9H2,1-3H3,(H,19,20)(H2,15,16,17,18). The molecule has 0 aliphatic heterocycles. The molecule has 0 aromatic carbocycles. The van der Waals surface area contributed by atoms with Crippen molar-refractivity contribution in [1.82, 2.24) is 10.2 Å². The topological polar surface area (TPSA) is 95.1 Å². The molecule has 1 heterocycles. The molecule has 0 unspecified atom stereocenters. The van der Waals surface area contributed by atoms with E-state index >= 15 is 0 Å². The molecule has 3 N–H and O–H groups in total. The summed E-state index contributed by atoms with van der Waals surface area (Å²) in [7, 11) is 0. The lowest BCUT2D eigenvalue weighted by molar-refractivity contribution is -0.151. The lowest BCUT2D eigenvalue weighted by Crippen LogP contribution is -2.34. The number of H-pyrrole nitrogens is 1. The van der Waals surface area contributed by atoms with Gasteiger partial charge in [-0.2, -0.15) is 5.10 Å². The van der Waals surface area contributed by atoms with Crippen LogP contribution in [-0.4, -0.2) is 27.2 Å². The molecule has 6 nitrogen and oxygen atoms in total. The predicted octanol–water partition coefficient (Wildman–Crippen LogP) is 2.58. The van der Waals surface area contributed by atoms with Crippen LogP contribution in [0.4, 0.5) is 5.82 Å². The maximum absolute atomic E-state index is 12.0. The Balaban J connectivity index is 2.68. The number of hydrogen-bond acceptors (Lipinski definition) is 3. The second-order valence-corrected chi connectivity index (χ2v) is 5.05. The summed E-state index contributed by atoms with van der Waals surface area (Å²) in [4.78, 5) is 23.3. The predicted molar refractivity (Wildman–Crippen MR) is 76.5 cm³/mol. The highest BCUT2D eigenvalue weighted by Crippen LogP contribution is 2.31. The van der Waals surface area contributed by atoms with Crippen LogP contribution in [0.3, 0.4) is 0 Å². The third-order valence-electron chi connectivity index (χ3n) is 3.72. The number of rotatable bonds is 8. The van der Waals surface area contributed by atoms with E-state index in [9.17, 15) is 14.7 Å². The van der Waals surface area contributed by atoms with Crippen LogP contribution < -0.4 is 5.32 Å². The zero-order valence-electron chi connectivity index (χ0n) is 12.3. The van der Waals surface area contributed by atoms with E-state index in [4.69, 9.17) is 0 Å². The van der Waals surface area contributed by atoms with E-state index in [1.54, 1.807) is 19.9 Å². The van der Waals surface area contributed by atoms with Crippen LogP contribution in [0.25, 0.3) is 0 Å². The molecule has 0 fully saturated rings. The van der Waals surface area contributed by atoms with Crippen LogP contribution >= 0.6 is 0 Å². The molecule has 1 rings (SSSR count). The number of aromatic nitrogens is 2. The molecule has 0 spiro atoms. The molecule has 20 heavy (non-hydrogen) atoms. The van der Waals surface area contributed by atoms with Gasteiger partial charge in [-0.3, -0.25) is 14.7 Å². The fourth-order valence-corrected chi connectivity index (χ4v) is 2.20. The zero-order chi connectivity index (χ0) is 15.2. The molecule has 0 saturated carbocycles. The van der Waals surface area contributed by atoms with Gasteiger partial charge in [-0.25, -0.2) is 0 Å². The van der Waals surface area contributed by atoms with Crippen LogP contribution in [0.2, 0.25) is 0 Å². The normalized spacial score (nSPS) is 11.3. The van der Waals surface area contributed by atoms with Crippen LogP contribution in [0.1, 0.15) is 52.1 Å². The molecule has 0 aliphatic carbocycles. The smallest absolute Gasteiger partial charge is 0.310 e. The van der Waals surface area contributed by atoms with Gasteiger partial charge in [0.25, 0.3) is 0 Å². The molecular formula is C14H23N3O3. The highest BCUT2D eigenvalue weighted by molar-refractivity contribution is 5.93. The first-order valence-corrected chi connectivity index (χ1v) is 7.05. The van der Waals surface area contributed by atoms with Crippen molar-refractivity contribution in [2.45, 2.75) is 52.9 Å². The van der Waals surface area contributed by atoms with Crippen molar-refractivity contribution in [1.29, 1.82) is 0 Å². The number of nitrogens with zero attached hydrogens (tertiary/aromatic N) is 1. The number of carbonyl (C=O) groups excluding carboxylic acids is 1. The van der Waals surface area contributed by atoms with Crippen molar-refractivity contribution in [3.8, 4) is 0 Å². The molecule has 1 aromatic rings. The van der Waals surface area contributed by atoms with Gasteiger partial charge in [0, 0.05) is 18.2 Å². The Bertz CT molecular complexity index is 464. The van der Waals surface area contributed by atoms with Crippen molar-refractivity contribution >= 4 is 17.7 Å². The van der Waals surface area contributed by atoms with Crippen molar-refractivity contribution < 1.29 is 14.7 Å². The lowest BCUT2D eigenvalue weighted by atomic mass is 9.79. The Morgan fingerprint density at radius 2 is 2.00 bits per heavy atom. The Morgan fingerprint density at radius 1 is 1.35 bits per heavy atom. The van der Waals surface area contributed by atoms with Crippen LogP contribution in [0, 0.1) is 5.41 Å². The Morgan fingerprint density at radius 3 is 2.50 bits per heavy atom. The van der Waals surface area contributed by atoms with E-state index in [2.05, 4.69) is 22.4 Å². The molecule has 0 saturated heterocycles. The van der Waals surface area contributed by atoms with E-state index in [-0.39, 0.29) is 12.3 Å². The minimum Gasteiger partial charge on any atom is -0.481 e. The molecule has 6 heteroatoms. The number of amides is 1. The summed E-state index contributed by atoms with van der Waals surface area (Å²) in [6.45, 7) is 5.64. The fraction of sp³-hybridized carbons (Fsp3) is 0.643. The molecular weight excluding hydrogens is 258 g/mol. The van der Waals surface area contributed by atoms with Crippen molar-refractivity contribution in [2.24, 2.45) is 5.41 Å². The van der Waals surface area contributed by atoms with E-state index in [1.807, 2.05) is 0 Å². The Labute approximate surface area is 119 Å². The summed E-state index contributed by atoms with van der Waals surface area (Å²) in [5, 5.41) is 18.8. The first kappa shape index (κ1) is 16.2. The molecule has 112 valence electrons. The van der Waals surface area contributed by atoms with Crippen molar-refractivity contribution in [3.63, 3.8) is 0 Å². The minimum absolute atomic E-state index is 0.0364. The number of aryl methyl sites for hydroxylation is 1. The van der Waals surface area contributed by atoms with Crippen molar-refractivity contribution in [2.75, 3.05) is 5.32 Å². The highest BCUT2D eigenvalue weighted by Gasteiger charge is 2.37. The van der Waals surface area contributed by atoms with E-state index < -0.39 is 11.4 Å². The number of anilines is 1. The molecule has 1 amide bonds. The molecule has 0 radical (unpaired) electrons. The molecule has 0 bridgehead atoms. The lowest BCUT2D eigenvalue weighted by Gasteiger charge is -2.25. The first-order valence-electron chi connectivity index (χ1n) is 7.05. The summed E-state index contributed by atoms with van der Waals surface area (Å²) in [5.41, 5.74) is -0.0367. The largest absolute Gasteiger partial charge is 0.481 e. The number of carbonyl (C=O) groups is 2. The molecule has 0 atom stereocenters. The van der Waals surface area contributed by atoms with Crippen LogP contribution in [-0.2, 0) is 16.0 Å². The van der Waals surface area contributed by atoms with Gasteiger partial charge < -0.3 is 10.4 Å². The Hall–Kier alpha value is -1.85. The quantitative estimate of drug-likeness (QED) is 0.682. The van der Waals surface area contributed by atoms with Gasteiger partial charge in [-0.05, 0) is 19.3 Å². The van der Waals surface area contributed by atoms with Gasteiger partial charge in [0.2, 0.25) is 5.91 Å². The van der Waals surface area contributed by atoms with Gasteiger partial charge in [0.15, 0.2) is 5.82 Å². The highest BCUT2D eigenvalue weighted by atomic mass is 16.4. The fourth-order valence-electron chi connectivity index (χ4n) is 2.20. The van der Waals surface area contributed by atoms with Gasteiger partial charge in [-0.15, -0.1) is 0 Å². The monoisotopic (exact) mass is 281 g/mol. The maximum Gasteiger partial charge on any atom is 0.310 e. The summed E-state index contributed by atoms with van der Waals surface area (Å²) in [5.74, 6) is -0.790. The van der Waals surface area contributed by atoms with Gasteiger partial charge in [0.1, 0.15) is 0 Å². The minimum atomic E-state index is -0.993.